The summed E-state index contributed by atoms with van der Waals surface area (Å²) < 4.78 is 5.90. The van der Waals surface area contributed by atoms with Gasteiger partial charge in [-0.3, -0.25) is 9.88 Å². The number of hydrogen-bond donors (Lipinski definition) is 1. The molecule has 1 aromatic heterocycles. The summed E-state index contributed by atoms with van der Waals surface area (Å²) in [4.78, 5) is 6.74. The van der Waals surface area contributed by atoms with Crippen LogP contribution in [-0.4, -0.2) is 28.1 Å². The van der Waals surface area contributed by atoms with Crippen molar-refractivity contribution in [1.29, 1.82) is 0 Å². The van der Waals surface area contributed by atoms with E-state index in [4.69, 9.17) is 16.3 Å². The first-order chi connectivity index (χ1) is 14.7. The van der Waals surface area contributed by atoms with E-state index < -0.39 is 0 Å². The molecule has 5 rings (SSSR count). The molecule has 4 nitrogen and oxygen atoms in total. The van der Waals surface area contributed by atoms with Gasteiger partial charge in [-0.25, -0.2) is 0 Å². The number of phenolic OH excluding ortho intramolecular Hbond substituents is 1. The second-order valence-electron chi connectivity index (χ2n) is 7.58. The van der Waals surface area contributed by atoms with Gasteiger partial charge in [0.1, 0.15) is 6.61 Å². The van der Waals surface area contributed by atoms with Gasteiger partial charge in [0.25, 0.3) is 0 Å². The first kappa shape index (κ1) is 18.9. The minimum atomic E-state index is 0.168. The quantitative estimate of drug-likeness (QED) is 0.468. The van der Waals surface area contributed by atoms with Crippen molar-refractivity contribution in [1.82, 2.24) is 9.88 Å². The van der Waals surface area contributed by atoms with Crippen LogP contribution in [0.3, 0.4) is 0 Å². The van der Waals surface area contributed by atoms with E-state index in [1.165, 1.54) is 5.56 Å². The second-order valence-corrected chi connectivity index (χ2v) is 8.02. The predicted molar refractivity (Wildman–Crippen MR) is 120 cm³/mol. The number of aromatic nitrogens is 1. The summed E-state index contributed by atoms with van der Waals surface area (Å²) >= 11 is 6.16. The van der Waals surface area contributed by atoms with Crippen LogP contribution in [0.2, 0.25) is 5.02 Å². The van der Waals surface area contributed by atoms with Gasteiger partial charge in [-0.15, -0.1) is 0 Å². The molecule has 30 heavy (non-hydrogen) atoms. The molecule has 1 aliphatic heterocycles. The van der Waals surface area contributed by atoms with Gasteiger partial charge >= 0.3 is 0 Å². The molecule has 1 N–H and O–H groups in total. The Morgan fingerprint density at radius 1 is 1.00 bits per heavy atom. The van der Waals surface area contributed by atoms with E-state index in [9.17, 15) is 5.11 Å². The molecule has 0 radical (unpaired) electrons. The molecule has 5 heteroatoms. The SMILES string of the molecule is Oc1cc(-c2cccc(Cl)c2)cc2c1OCCN(Cc1ccc3ncccc3c1)C2. The number of hydrogen-bond acceptors (Lipinski definition) is 4. The number of ether oxygens (including phenoxy) is 1. The maximum atomic E-state index is 10.6. The lowest BCUT2D eigenvalue weighted by Crippen LogP contribution is -2.25. The molecule has 3 aromatic carbocycles. The van der Waals surface area contributed by atoms with Gasteiger partial charge in [-0.1, -0.05) is 35.9 Å². The fraction of sp³-hybridized carbons (Fsp3) is 0.160. The van der Waals surface area contributed by atoms with Gasteiger partial charge in [0.15, 0.2) is 11.5 Å². The highest BCUT2D eigenvalue weighted by Crippen LogP contribution is 2.38. The maximum absolute atomic E-state index is 10.6. The fourth-order valence-electron chi connectivity index (χ4n) is 4.00. The molecule has 150 valence electrons. The Balaban J connectivity index is 1.44. The molecular weight excluding hydrogens is 396 g/mol. The van der Waals surface area contributed by atoms with E-state index in [2.05, 4.69) is 40.2 Å². The van der Waals surface area contributed by atoms with Crippen molar-refractivity contribution in [2.45, 2.75) is 13.1 Å². The van der Waals surface area contributed by atoms with Crippen LogP contribution in [0.15, 0.2) is 72.9 Å². The lowest BCUT2D eigenvalue weighted by atomic mass is 10.0. The lowest BCUT2D eigenvalue weighted by molar-refractivity contribution is 0.217. The molecular formula is C25H21ClN2O2. The summed E-state index contributed by atoms with van der Waals surface area (Å²) in [6, 6.07) is 21.9. The zero-order valence-corrected chi connectivity index (χ0v) is 17.1. The highest BCUT2D eigenvalue weighted by molar-refractivity contribution is 6.30. The van der Waals surface area contributed by atoms with Crippen molar-refractivity contribution in [3.05, 3.63) is 89.1 Å². The Morgan fingerprint density at radius 3 is 2.83 bits per heavy atom. The van der Waals surface area contributed by atoms with Gasteiger partial charge in [-0.05, 0) is 59.2 Å². The minimum Gasteiger partial charge on any atom is -0.504 e. The monoisotopic (exact) mass is 416 g/mol. The number of pyridine rings is 1. The van der Waals surface area contributed by atoms with Gasteiger partial charge in [-0.2, -0.15) is 0 Å². The number of fused-ring (bicyclic) bond motifs is 2. The highest BCUT2D eigenvalue weighted by atomic mass is 35.5. The van der Waals surface area contributed by atoms with Crippen molar-refractivity contribution in [3.63, 3.8) is 0 Å². The van der Waals surface area contributed by atoms with Crippen LogP contribution in [0.5, 0.6) is 11.5 Å². The van der Waals surface area contributed by atoms with Crippen LogP contribution in [0.4, 0.5) is 0 Å². The summed E-state index contributed by atoms with van der Waals surface area (Å²) in [6.07, 6.45) is 1.81. The Labute approximate surface area is 180 Å². The molecule has 0 fully saturated rings. The van der Waals surface area contributed by atoms with Gasteiger partial charge in [0.2, 0.25) is 0 Å². The molecule has 0 saturated heterocycles. The Hall–Kier alpha value is -3.08. The molecule has 4 aromatic rings. The molecule has 0 aliphatic carbocycles. The molecule has 0 spiro atoms. The number of benzene rings is 3. The van der Waals surface area contributed by atoms with E-state index >= 15 is 0 Å². The molecule has 0 bridgehead atoms. The number of nitrogens with zero attached hydrogens (tertiary/aromatic N) is 2. The molecule has 1 aliphatic rings. The molecule has 0 atom stereocenters. The van der Waals surface area contributed by atoms with Crippen LogP contribution in [0.25, 0.3) is 22.0 Å². The van der Waals surface area contributed by atoms with Crippen molar-refractivity contribution < 1.29 is 9.84 Å². The number of rotatable bonds is 3. The maximum Gasteiger partial charge on any atom is 0.165 e. The fourth-order valence-corrected chi connectivity index (χ4v) is 4.19. The van der Waals surface area contributed by atoms with E-state index in [1.54, 1.807) is 6.07 Å². The largest absolute Gasteiger partial charge is 0.504 e. The van der Waals surface area contributed by atoms with Crippen molar-refractivity contribution in [2.24, 2.45) is 0 Å². The van der Waals surface area contributed by atoms with Crippen LogP contribution in [0.1, 0.15) is 11.1 Å². The smallest absolute Gasteiger partial charge is 0.165 e. The zero-order chi connectivity index (χ0) is 20.5. The Bertz CT molecular complexity index is 1220. The third kappa shape index (κ3) is 3.84. The van der Waals surface area contributed by atoms with Gasteiger partial charge < -0.3 is 9.84 Å². The Kier molecular flexibility index (Phi) is 5.03. The molecule has 0 saturated carbocycles. The predicted octanol–water partition coefficient (Wildman–Crippen LogP) is 5.66. The molecule has 0 unspecified atom stereocenters. The van der Waals surface area contributed by atoms with Crippen molar-refractivity contribution in [2.75, 3.05) is 13.2 Å². The van der Waals surface area contributed by atoms with E-state index in [1.807, 2.05) is 36.5 Å². The van der Waals surface area contributed by atoms with Crippen molar-refractivity contribution >= 4 is 22.5 Å². The van der Waals surface area contributed by atoms with Crippen molar-refractivity contribution in [3.8, 4) is 22.6 Å². The third-order valence-corrected chi connectivity index (χ3v) is 5.66. The summed E-state index contributed by atoms with van der Waals surface area (Å²) in [5.74, 6) is 0.743. The number of halogens is 1. The van der Waals surface area contributed by atoms with Crippen LogP contribution in [0, 0.1) is 0 Å². The number of phenols is 1. The minimum absolute atomic E-state index is 0.168. The summed E-state index contributed by atoms with van der Waals surface area (Å²) in [7, 11) is 0. The zero-order valence-electron chi connectivity index (χ0n) is 16.4. The summed E-state index contributed by atoms with van der Waals surface area (Å²) in [6.45, 7) is 2.82. The van der Waals surface area contributed by atoms with Gasteiger partial charge in [0.05, 0.1) is 5.52 Å². The third-order valence-electron chi connectivity index (χ3n) is 5.43. The molecule has 0 amide bonds. The normalized spacial score (nSPS) is 14.2. The Morgan fingerprint density at radius 2 is 1.93 bits per heavy atom. The summed E-state index contributed by atoms with van der Waals surface area (Å²) in [5.41, 5.74) is 5.11. The van der Waals surface area contributed by atoms with Crippen LogP contribution < -0.4 is 4.74 Å². The first-order valence-corrected chi connectivity index (χ1v) is 10.3. The average molecular weight is 417 g/mol. The van der Waals surface area contributed by atoms with E-state index in [-0.39, 0.29) is 5.75 Å². The van der Waals surface area contributed by atoms with E-state index in [0.29, 0.717) is 23.9 Å². The topological polar surface area (TPSA) is 45.6 Å². The molecule has 2 heterocycles. The van der Waals surface area contributed by atoms with Crippen LogP contribution >= 0.6 is 11.6 Å². The van der Waals surface area contributed by atoms with Crippen LogP contribution in [-0.2, 0) is 13.1 Å². The van der Waals surface area contributed by atoms with E-state index in [0.717, 1.165) is 40.7 Å². The number of aromatic hydroxyl groups is 1. The standard InChI is InChI=1S/C25H21ClN2O2/c26-22-5-1-3-18(13-22)20-12-21-16-28(9-10-30-25(21)24(29)14-20)15-17-6-7-23-19(11-17)4-2-8-27-23/h1-8,11-14,29H,9-10,15-16H2. The highest BCUT2D eigenvalue weighted by Gasteiger charge is 2.20. The summed E-state index contributed by atoms with van der Waals surface area (Å²) in [5, 5.41) is 12.4. The second kappa shape index (κ2) is 7.98. The first-order valence-electron chi connectivity index (χ1n) is 9.96. The van der Waals surface area contributed by atoms with Gasteiger partial charge in [0, 0.05) is 41.8 Å². The average Bonchev–Trinajstić information content (AvgIpc) is 2.96. The lowest BCUT2D eigenvalue weighted by Gasteiger charge is -2.20.